The number of aryl methyl sites for hydroxylation is 1. The average molecular weight is 282 g/mol. The maximum atomic E-state index is 5.24. The van der Waals surface area contributed by atoms with Gasteiger partial charge in [0.05, 0.1) is 19.8 Å². The van der Waals surface area contributed by atoms with E-state index < -0.39 is 0 Å². The fraction of sp³-hybridized carbons (Fsp3) is 0.714. The first-order valence-electron chi connectivity index (χ1n) is 6.85. The van der Waals surface area contributed by atoms with Gasteiger partial charge in [-0.1, -0.05) is 0 Å². The summed E-state index contributed by atoms with van der Waals surface area (Å²) >= 11 is 0. The third-order valence-corrected chi connectivity index (χ3v) is 3.12. The number of methoxy groups -OCH3 is 2. The fourth-order valence-corrected chi connectivity index (χ4v) is 2.02. The summed E-state index contributed by atoms with van der Waals surface area (Å²) in [4.78, 5) is 11.3. The Bertz CT molecular complexity index is 401. The van der Waals surface area contributed by atoms with Gasteiger partial charge >= 0.3 is 0 Å². The molecule has 1 rings (SSSR count). The summed E-state index contributed by atoms with van der Waals surface area (Å²) in [6.45, 7) is 6.97. The Labute approximate surface area is 121 Å². The molecular formula is C14H26N4O2. The number of anilines is 1. The van der Waals surface area contributed by atoms with E-state index >= 15 is 0 Å². The van der Waals surface area contributed by atoms with Crippen molar-refractivity contribution in [1.29, 1.82) is 0 Å². The van der Waals surface area contributed by atoms with Gasteiger partial charge in [-0.05, 0) is 13.8 Å². The van der Waals surface area contributed by atoms with Gasteiger partial charge in [-0.3, -0.25) is 4.90 Å². The number of nitrogens with zero attached hydrogens (tertiary/aromatic N) is 3. The molecular weight excluding hydrogens is 256 g/mol. The molecule has 0 saturated heterocycles. The first-order valence-corrected chi connectivity index (χ1v) is 6.85. The molecule has 114 valence electrons. The zero-order chi connectivity index (χ0) is 15.0. The Morgan fingerprint density at radius 2 is 2.05 bits per heavy atom. The van der Waals surface area contributed by atoms with Crippen molar-refractivity contribution in [3.63, 3.8) is 0 Å². The summed E-state index contributed by atoms with van der Waals surface area (Å²) in [5, 5.41) is 3.06. The summed E-state index contributed by atoms with van der Waals surface area (Å²) in [5.41, 5.74) is 0.963. The predicted molar refractivity (Wildman–Crippen MR) is 79.9 cm³/mol. The van der Waals surface area contributed by atoms with Gasteiger partial charge in [-0.15, -0.1) is 0 Å². The normalized spacial score (nSPS) is 12.7. The molecule has 0 aromatic carbocycles. The second-order valence-electron chi connectivity index (χ2n) is 4.83. The van der Waals surface area contributed by atoms with Gasteiger partial charge in [0, 0.05) is 45.6 Å². The lowest BCUT2D eigenvalue weighted by molar-refractivity contribution is 0.0689. The average Bonchev–Trinajstić information content (AvgIpc) is 2.42. The van der Waals surface area contributed by atoms with E-state index in [1.54, 1.807) is 14.2 Å². The van der Waals surface area contributed by atoms with E-state index in [1.165, 1.54) is 0 Å². The number of nitrogens with one attached hydrogen (secondary N) is 1. The van der Waals surface area contributed by atoms with Crippen LogP contribution in [-0.2, 0) is 16.0 Å². The minimum atomic E-state index is 0.289. The van der Waals surface area contributed by atoms with Crippen molar-refractivity contribution in [3.05, 3.63) is 17.6 Å². The van der Waals surface area contributed by atoms with E-state index in [9.17, 15) is 0 Å². The van der Waals surface area contributed by atoms with Crippen LogP contribution in [-0.4, -0.2) is 61.9 Å². The Kier molecular flexibility index (Phi) is 7.43. The molecule has 20 heavy (non-hydrogen) atoms. The van der Waals surface area contributed by atoms with Crippen molar-refractivity contribution in [2.24, 2.45) is 0 Å². The Morgan fingerprint density at radius 3 is 2.65 bits per heavy atom. The fourth-order valence-electron chi connectivity index (χ4n) is 2.02. The third kappa shape index (κ3) is 5.40. The van der Waals surface area contributed by atoms with Gasteiger partial charge in [0.1, 0.15) is 11.6 Å². The predicted octanol–water partition coefficient (Wildman–Crippen LogP) is 1.31. The van der Waals surface area contributed by atoms with E-state index in [0.29, 0.717) is 19.8 Å². The van der Waals surface area contributed by atoms with E-state index in [-0.39, 0.29) is 6.04 Å². The summed E-state index contributed by atoms with van der Waals surface area (Å²) in [6.07, 6.45) is 0. The van der Waals surface area contributed by atoms with Crippen molar-refractivity contribution in [2.45, 2.75) is 26.4 Å². The number of aromatic nitrogens is 2. The van der Waals surface area contributed by atoms with Gasteiger partial charge in [-0.25, -0.2) is 9.97 Å². The molecule has 1 heterocycles. The Morgan fingerprint density at radius 1 is 1.30 bits per heavy atom. The van der Waals surface area contributed by atoms with Crippen LogP contribution in [0.15, 0.2) is 6.07 Å². The van der Waals surface area contributed by atoms with Gasteiger partial charge in [0.15, 0.2) is 0 Å². The van der Waals surface area contributed by atoms with E-state index in [0.717, 1.165) is 23.9 Å². The molecule has 0 bridgehead atoms. The molecule has 1 aromatic rings. The van der Waals surface area contributed by atoms with Crippen molar-refractivity contribution in [3.8, 4) is 0 Å². The second kappa shape index (κ2) is 8.84. The number of rotatable bonds is 9. The highest BCUT2D eigenvalue weighted by atomic mass is 16.5. The number of hydrogen-bond acceptors (Lipinski definition) is 6. The molecule has 0 aliphatic heterocycles. The molecule has 0 spiro atoms. The van der Waals surface area contributed by atoms with E-state index in [4.69, 9.17) is 9.47 Å². The van der Waals surface area contributed by atoms with Crippen LogP contribution in [0.1, 0.15) is 18.4 Å². The molecule has 0 fully saturated rings. The monoisotopic (exact) mass is 282 g/mol. The SMILES string of the molecule is CNc1cc(C)nc(CN(CCOC)C(C)COC)n1. The molecule has 1 unspecified atom stereocenters. The van der Waals surface area contributed by atoms with Gasteiger partial charge < -0.3 is 14.8 Å². The highest BCUT2D eigenvalue weighted by Crippen LogP contribution is 2.10. The molecule has 1 aromatic heterocycles. The minimum absolute atomic E-state index is 0.289. The molecule has 6 nitrogen and oxygen atoms in total. The summed E-state index contributed by atoms with van der Waals surface area (Å²) in [6, 6.07) is 2.22. The first-order chi connectivity index (χ1) is 9.60. The van der Waals surface area contributed by atoms with Crippen LogP contribution in [0.3, 0.4) is 0 Å². The standard InChI is InChI=1S/C14H26N4O2/c1-11-8-13(15-3)17-14(16-11)9-18(6-7-19-4)12(2)10-20-5/h8,12H,6-7,9-10H2,1-5H3,(H,15,16,17). The topological polar surface area (TPSA) is 59.5 Å². The smallest absolute Gasteiger partial charge is 0.144 e. The zero-order valence-corrected chi connectivity index (χ0v) is 13.1. The lowest BCUT2D eigenvalue weighted by Gasteiger charge is -2.27. The van der Waals surface area contributed by atoms with Crippen LogP contribution < -0.4 is 5.32 Å². The lowest BCUT2D eigenvalue weighted by atomic mass is 10.3. The minimum Gasteiger partial charge on any atom is -0.383 e. The molecule has 1 N–H and O–H groups in total. The quantitative estimate of drug-likeness (QED) is 0.737. The summed E-state index contributed by atoms with van der Waals surface area (Å²) < 4.78 is 10.4. The van der Waals surface area contributed by atoms with Crippen LogP contribution >= 0.6 is 0 Å². The van der Waals surface area contributed by atoms with Crippen molar-refractivity contribution < 1.29 is 9.47 Å². The lowest BCUT2D eigenvalue weighted by Crippen LogP contribution is -2.38. The largest absolute Gasteiger partial charge is 0.383 e. The van der Waals surface area contributed by atoms with Crippen LogP contribution in [0.5, 0.6) is 0 Å². The molecule has 0 aliphatic rings. The van der Waals surface area contributed by atoms with Gasteiger partial charge in [0.25, 0.3) is 0 Å². The Hall–Kier alpha value is -1.24. The first kappa shape index (κ1) is 16.8. The second-order valence-corrected chi connectivity index (χ2v) is 4.83. The van der Waals surface area contributed by atoms with Crippen molar-refractivity contribution in [2.75, 3.05) is 46.3 Å². The summed E-state index contributed by atoms with van der Waals surface area (Å²) in [5.74, 6) is 1.66. The van der Waals surface area contributed by atoms with Crippen LogP contribution in [0.2, 0.25) is 0 Å². The third-order valence-electron chi connectivity index (χ3n) is 3.12. The summed E-state index contributed by atoms with van der Waals surface area (Å²) in [7, 11) is 5.29. The van der Waals surface area contributed by atoms with Crippen LogP contribution in [0.4, 0.5) is 5.82 Å². The highest BCUT2D eigenvalue weighted by Gasteiger charge is 2.16. The van der Waals surface area contributed by atoms with Crippen molar-refractivity contribution in [1.82, 2.24) is 14.9 Å². The highest BCUT2D eigenvalue weighted by molar-refractivity contribution is 5.34. The molecule has 0 amide bonds. The van der Waals surface area contributed by atoms with Crippen molar-refractivity contribution >= 4 is 5.82 Å². The maximum Gasteiger partial charge on any atom is 0.144 e. The molecule has 0 radical (unpaired) electrons. The maximum absolute atomic E-state index is 5.24. The molecule has 0 aliphatic carbocycles. The number of hydrogen-bond donors (Lipinski definition) is 1. The Balaban J connectivity index is 2.79. The van der Waals surface area contributed by atoms with Crippen LogP contribution in [0.25, 0.3) is 0 Å². The zero-order valence-electron chi connectivity index (χ0n) is 13.1. The van der Waals surface area contributed by atoms with Gasteiger partial charge in [-0.2, -0.15) is 0 Å². The van der Waals surface area contributed by atoms with E-state index in [1.807, 2.05) is 20.0 Å². The van der Waals surface area contributed by atoms with Crippen LogP contribution in [0, 0.1) is 6.92 Å². The molecule has 0 saturated carbocycles. The van der Waals surface area contributed by atoms with Gasteiger partial charge in [0.2, 0.25) is 0 Å². The molecule has 6 heteroatoms. The molecule has 1 atom stereocenters. The van der Waals surface area contributed by atoms with E-state index in [2.05, 4.69) is 27.1 Å². The number of ether oxygens (including phenoxy) is 2.